The van der Waals surface area contributed by atoms with Gasteiger partial charge in [0.1, 0.15) is 5.82 Å². The largest absolute Gasteiger partial charge is 0.321 e. The first-order valence-electron chi connectivity index (χ1n) is 5.34. The summed E-state index contributed by atoms with van der Waals surface area (Å²) in [7, 11) is 0. The van der Waals surface area contributed by atoms with Gasteiger partial charge in [-0.3, -0.25) is 0 Å². The normalized spacial score (nSPS) is 12.4. The molecule has 16 heavy (non-hydrogen) atoms. The highest BCUT2D eigenvalue weighted by Gasteiger charge is 2.08. The number of hydrogen-bond donors (Lipinski definition) is 1. The van der Waals surface area contributed by atoms with Crippen molar-refractivity contribution in [1.82, 2.24) is 9.97 Å². The summed E-state index contributed by atoms with van der Waals surface area (Å²) < 4.78 is 0. The zero-order chi connectivity index (χ0) is 11.4. The van der Waals surface area contributed by atoms with E-state index in [4.69, 9.17) is 5.73 Å². The first-order valence-corrected chi connectivity index (χ1v) is 5.34. The molecule has 0 aliphatic carbocycles. The van der Waals surface area contributed by atoms with Crippen LogP contribution in [0.25, 0.3) is 0 Å². The van der Waals surface area contributed by atoms with Crippen LogP contribution in [0, 0.1) is 6.92 Å². The van der Waals surface area contributed by atoms with Crippen LogP contribution in [0.5, 0.6) is 0 Å². The van der Waals surface area contributed by atoms with E-state index in [1.54, 1.807) is 18.5 Å². The highest BCUT2D eigenvalue weighted by atomic mass is 14.9. The predicted octanol–water partition coefficient (Wildman–Crippen LogP) is 2.03. The highest BCUT2D eigenvalue weighted by Crippen LogP contribution is 2.12. The Bertz CT molecular complexity index is 436. The molecule has 0 spiro atoms. The van der Waals surface area contributed by atoms with Crippen molar-refractivity contribution in [3.05, 3.63) is 59.7 Å². The summed E-state index contributed by atoms with van der Waals surface area (Å²) in [6.07, 6.45) is 4.21. The van der Waals surface area contributed by atoms with Gasteiger partial charge in [-0.2, -0.15) is 0 Å². The monoisotopic (exact) mass is 213 g/mol. The van der Waals surface area contributed by atoms with Crippen molar-refractivity contribution in [3.8, 4) is 0 Å². The average Bonchev–Trinajstić information content (AvgIpc) is 2.33. The van der Waals surface area contributed by atoms with Gasteiger partial charge in [0.15, 0.2) is 0 Å². The minimum atomic E-state index is -0.135. The Morgan fingerprint density at radius 3 is 2.38 bits per heavy atom. The molecule has 2 aromatic rings. The molecule has 0 amide bonds. The molecule has 2 rings (SSSR count). The molecule has 1 unspecified atom stereocenters. The van der Waals surface area contributed by atoms with Crippen molar-refractivity contribution in [2.75, 3.05) is 0 Å². The molecule has 0 bridgehead atoms. The third-order valence-electron chi connectivity index (χ3n) is 2.49. The van der Waals surface area contributed by atoms with Gasteiger partial charge in [-0.1, -0.05) is 29.8 Å². The molecule has 3 heteroatoms. The Hall–Kier alpha value is -1.74. The Morgan fingerprint density at radius 2 is 1.75 bits per heavy atom. The lowest BCUT2D eigenvalue weighted by atomic mass is 10.0. The third-order valence-corrected chi connectivity index (χ3v) is 2.49. The highest BCUT2D eigenvalue weighted by molar-refractivity contribution is 5.22. The van der Waals surface area contributed by atoms with Gasteiger partial charge in [0.2, 0.25) is 0 Å². The first-order chi connectivity index (χ1) is 7.75. The minimum Gasteiger partial charge on any atom is -0.321 e. The number of rotatable bonds is 3. The van der Waals surface area contributed by atoms with Crippen LogP contribution in [0.1, 0.15) is 23.0 Å². The van der Waals surface area contributed by atoms with Crippen LogP contribution in [0.4, 0.5) is 0 Å². The molecule has 1 heterocycles. The number of aromatic nitrogens is 2. The van der Waals surface area contributed by atoms with E-state index in [0.29, 0.717) is 5.82 Å². The summed E-state index contributed by atoms with van der Waals surface area (Å²) in [4.78, 5) is 8.31. The van der Waals surface area contributed by atoms with Crippen molar-refractivity contribution in [2.24, 2.45) is 5.73 Å². The summed E-state index contributed by atoms with van der Waals surface area (Å²) in [5.74, 6) is 0.697. The van der Waals surface area contributed by atoms with Gasteiger partial charge in [0.25, 0.3) is 0 Å². The van der Waals surface area contributed by atoms with Crippen LogP contribution in [0.3, 0.4) is 0 Å². The molecule has 0 aliphatic rings. The number of benzene rings is 1. The lowest BCUT2D eigenvalue weighted by Gasteiger charge is -2.09. The van der Waals surface area contributed by atoms with Gasteiger partial charge >= 0.3 is 0 Å². The zero-order valence-electron chi connectivity index (χ0n) is 9.30. The maximum atomic E-state index is 6.04. The topological polar surface area (TPSA) is 51.8 Å². The van der Waals surface area contributed by atoms with Crippen molar-refractivity contribution in [2.45, 2.75) is 19.4 Å². The molecular weight excluding hydrogens is 198 g/mol. The Labute approximate surface area is 95.4 Å². The molecule has 3 nitrogen and oxygen atoms in total. The van der Waals surface area contributed by atoms with E-state index in [0.717, 1.165) is 6.42 Å². The number of hydrogen-bond acceptors (Lipinski definition) is 3. The Morgan fingerprint density at radius 1 is 1.12 bits per heavy atom. The molecular formula is C13H15N3. The van der Waals surface area contributed by atoms with E-state index in [1.165, 1.54) is 11.1 Å². The first kappa shape index (κ1) is 10.8. The number of aryl methyl sites for hydroxylation is 1. The SMILES string of the molecule is Cc1ccc(CC(N)c2ncccn2)cc1. The summed E-state index contributed by atoms with van der Waals surface area (Å²) in [5.41, 5.74) is 8.51. The molecule has 0 saturated carbocycles. The number of nitrogens with zero attached hydrogens (tertiary/aromatic N) is 2. The number of nitrogens with two attached hydrogens (primary N) is 1. The lowest BCUT2D eigenvalue weighted by molar-refractivity contribution is 0.666. The van der Waals surface area contributed by atoms with E-state index in [2.05, 4.69) is 41.2 Å². The van der Waals surface area contributed by atoms with E-state index < -0.39 is 0 Å². The Balaban J connectivity index is 2.08. The van der Waals surface area contributed by atoms with Crippen LogP contribution >= 0.6 is 0 Å². The van der Waals surface area contributed by atoms with Crippen molar-refractivity contribution in [3.63, 3.8) is 0 Å². The standard InChI is InChI=1S/C13H15N3/c1-10-3-5-11(6-4-10)9-12(14)13-15-7-2-8-16-13/h2-8,12H,9,14H2,1H3. The summed E-state index contributed by atoms with van der Waals surface area (Å²) in [6, 6.07) is 10.0. The fourth-order valence-electron chi connectivity index (χ4n) is 1.57. The van der Waals surface area contributed by atoms with Crippen molar-refractivity contribution >= 4 is 0 Å². The van der Waals surface area contributed by atoms with Gasteiger partial charge in [0.05, 0.1) is 6.04 Å². The molecule has 0 saturated heterocycles. The molecule has 1 aromatic heterocycles. The molecule has 0 fully saturated rings. The van der Waals surface area contributed by atoms with Crippen LogP contribution in [-0.4, -0.2) is 9.97 Å². The quantitative estimate of drug-likeness (QED) is 0.848. The molecule has 0 aliphatic heterocycles. The van der Waals surface area contributed by atoms with Crippen LogP contribution < -0.4 is 5.73 Å². The summed E-state index contributed by atoms with van der Waals surface area (Å²) in [5, 5.41) is 0. The Kier molecular flexibility index (Phi) is 3.27. The summed E-state index contributed by atoms with van der Waals surface area (Å²) in [6.45, 7) is 2.07. The van der Waals surface area contributed by atoms with E-state index in [1.807, 2.05) is 0 Å². The maximum absolute atomic E-state index is 6.04. The van der Waals surface area contributed by atoms with Gasteiger partial charge < -0.3 is 5.73 Å². The average molecular weight is 213 g/mol. The van der Waals surface area contributed by atoms with E-state index >= 15 is 0 Å². The van der Waals surface area contributed by atoms with Crippen LogP contribution in [0.15, 0.2) is 42.7 Å². The van der Waals surface area contributed by atoms with E-state index in [-0.39, 0.29) is 6.04 Å². The van der Waals surface area contributed by atoms with Crippen molar-refractivity contribution < 1.29 is 0 Å². The smallest absolute Gasteiger partial charge is 0.145 e. The molecule has 1 atom stereocenters. The lowest BCUT2D eigenvalue weighted by Crippen LogP contribution is -2.16. The van der Waals surface area contributed by atoms with Crippen LogP contribution in [0.2, 0.25) is 0 Å². The minimum absolute atomic E-state index is 0.135. The fourth-order valence-corrected chi connectivity index (χ4v) is 1.57. The second kappa shape index (κ2) is 4.86. The predicted molar refractivity (Wildman–Crippen MR) is 63.8 cm³/mol. The van der Waals surface area contributed by atoms with Gasteiger partial charge in [-0.25, -0.2) is 9.97 Å². The molecule has 82 valence electrons. The summed E-state index contributed by atoms with van der Waals surface area (Å²) >= 11 is 0. The second-order valence-corrected chi connectivity index (χ2v) is 3.90. The molecule has 2 N–H and O–H groups in total. The second-order valence-electron chi connectivity index (χ2n) is 3.90. The van der Waals surface area contributed by atoms with E-state index in [9.17, 15) is 0 Å². The maximum Gasteiger partial charge on any atom is 0.145 e. The zero-order valence-corrected chi connectivity index (χ0v) is 9.30. The van der Waals surface area contributed by atoms with Crippen molar-refractivity contribution in [1.29, 1.82) is 0 Å². The van der Waals surface area contributed by atoms with Gasteiger partial charge in [0, 0.05) is 12.4 Å². The van der Waals surface area contributed by atoms with Gasteiger partial charge in [-0.15, -0.1) is 0 Å². The third kappa shape index (κ3) is 2.64. The van der Waals surface area contributed by atoms with Crippen LogP contribution in [-0.2, 0) is 6.42 Å². The van der Waals surface area contributed by atoms with Gasteiger partial charge in [-0.05, 0) is 25.0 Å². The molecule has 1 aromatic carbocycles. The fraction of sp³-hybridized carbons (Fsp3) is 0.231. The molecule has 0 radical (unpaired) electrons.